The molecule has 4 heteroatoms. The van der Waals surface area contributed by atoms with E-state index < -0.39 is 5.41 Å². The number of hydrogen-bond acceptors (Lipinski definition) is 2. The number of hydrazine groups is 1. The molecular weight excluding hydrogens is 226 g/mol. The Morgan fingerprint density at radius 3 is 2.72 bits per heavy atom. The Bertz CT molecular complexity index is 611. The fourth-order valence-electron chi connectivity index (χ4n) is 3.15. The average Bonchev–Trinajstić information content (AvgIpc) is 2.65. The van der Waals surface area contributed by atoms with Crippen LogP contribution >= 0.6 is 0 Å². The molecule has 0 radical (unpaired) electrons. The Labute approximate surface area is 106 Å². The lowest BCUT2D eigenvalue weighted by Crippen LogP contribution is -2.51. The van der Waals surface area contributed by atoms with Crippen molar-refractivity contribution >= 4 is 16.8 Å². The summed E-state index contributed by atoms with van der Waals surface area (Å²) in [6.07, 6.45) is 2.82. The molecule has 0 saturated heterocycles. The maximum absolute atomic E-state index is 12.2. The van der Waals surface area contributed by atoms with Crippen LogP contribution in [0.5, 0.6) is 0 Å². The van der Waals surface area contributed by atoms with Crippen molar-refractivity contribution in [3.05, 3.63) is 35.5 Å². The predicted molar refractivity (Wildman–Crippen MR) is 70.9 cm³/mol. The summed E-state index contributed by atoms with van der Waals surface area (Å²) in [4.78, 5) is 15.5. The van der Waals surface area contributed by atoms with Crippen molar-refractivity contribution in [2.24, 2.45) is 5.84 Å². The Hall–Kier alpha value is -1.81. The minimum Gasteiger partial charge on any atom is -0.358 e. The molecule has 1 aliphatic carbocycles. The minimum atomic E-state index is -0.432. The van der Waals surface area contributed by atoms with Crippen LogP contribution in [0.15, 0.2) is 24.3 Å². The molecule has 0 aliphatic heterocycles. The SMILES string of the molecule is Cc1[nH]c2ccccc2c1C1(C(=O)NN)CCC1. The predicted octanol–water partition coefficient (Wildman–Crippen LogP) is 1.89. The number of hydrogen-bond donors (Lipinski definition) is 3. The summed E-state index contributed by atoms with van der Waals surface area (Å²) in [5.41, 5.74) is 5.17. The van der Waals surface area contributed by atoms with Crippen LogP contribution in [0.2, 0.25) is 0 Å². The molecule has 1 heterocycles. The Balaban J connectivity index is 2.24. The van der Waals surface area contributed by atoms with Crippen molar-refractivity contribution < 1.29 is 4.79 Å². The molecule has 0 bridgehead atoms. The number of carbonyl (C=O) groups is 1. The van der Waals surface area contributed by atoms with E-state index in [2.05, 4.69) is 16.5 Å². The number of nitrogens with two attached hydrogens (primary N) is 1. The summed E-state index contributed by atoms with van der Waals surface area (Å²) in [6, 6.07) is 8.11. The van der Waals surface area contributed by atoms with Crippen LogP contribution in [0.3, 0.4) is 0 Å². The maximum atomic E-state index is 12.2. The van der Waals surface area contributed by atoms with Crippen molar-refractivity contribution in [3.8, 4) is 0 Å². The van der Waals surface area contributed by atoms with Crippen molar-refractivity contribution in [2.75, 3.05) is 0 Å². The second-order valence-electron chi connectivity index (χ2n) is 5.08. The molecule has 0 atom stereocenters. The largest absolute Gasteiger partial charge is 0.358 e. The van der Waals surface area contributed by atoms with Crippen molar-refractivity contribution in [1.29, 1.82) is 0 Å². The number of fused-ring (bicyclic) bond motifs is 1. The van der Waals surface area contributed by atoms with Gasteiger partial charge in [-0.25, -0.2) is 5.84 Å². The van der Waals surface area contributed by atoms with Gasteiger partial charge in [0.25, 0.3) is 0 Å². The van der Waals surface area contributed by atoms with Crippen LogP contribution in [-0.4, -0.2) is 10.9 Å². The Morgan fingerprint density at radius 2 is 2.11 bits per heavy atom. The van der Waals surface area contributed by atoms with Crippen LogP contribution in [0.1, 0.15) is 30.5 Å². The van der Waals surface area contributed by atoms with E-state index in [1.807, 2.05) is 25.1 Å². The molecular formula is C14H17N3O. The van der Waals surface area contributed by atoms with Crippen LogP contribution < -0.4 is 11.3 Å². The highest BCUT2D eigenvalue weighted by atomic mass is 16.2. The van der Waals surface area contributed by atoms with Gasteiger partial charge in [-0.05, 0) is 31.4 Å². The normalized spacial score (nSPS) is 17.4. The quantitative estimate of drug-likeness (QED) is 0.428. The van der Waals surface area contributed by atoms with Gasteiger partial charge in [-0.15, -0.1) is 0 Å². The zero-order valence-corrected chi connectivity index (χ0v) is 10.4. The van der Waals surface area contributed by atoms with E-state index >= 15 is 0 Å². The average molecular weight is 243 g/mol. The van der Waals surface area contributed by atoms with Gasteiger partial charge in [-0.2, -0.15) is 0 Å². The summed E-state index contributed by atoms with van der Waals surface area (Å²) in [6.45, 7) is 2.03. The molecule has 1 amide bonds. The summed E-state index contributed by atoms with van der Waals surface area (Å²) >= 11 is 0. The number of carbonyl (C=O) groups excluding carboxylic acids is 1. The number of aromatic nitrogens is 1. The summed E-state index contributed by atoms with van der Waals surface area (Å²) in [7, 11) is 0. The third-order valence-electron chi connectivity index (χ3n) is 4.14. The number of H-pyrrole nitrogens is 1. The number of amides is 1. The summed E-state index contributed by atoms with van der Waals surface area (Å²) < 4.78 is 0. The van der Waals surface area contributed by atoms with Crippen molar-refractivity contribution in [3.63, 3.8) is 0 Å². The van der Waals surface area contributed by atoms with Gasteiger partial charge >= 0.3 is 0 Å². The molecule has 18 heavy (non-hydrogen) atoms. The van der Waals surface area contributed by atoms with E-state index in [4.69, 9.17) is 5.84 Å². The first kappa shape index (κ1) is 11.3. The van der Waals surface area contributed by atoms with E-state index in [1.54, 1.807) is 0 Å². The molecule has 1 fully saturated rings. The monoisotopic (exact) mass is 243 g/mol. The Morgan fingerprint density at radius 1 is 1.39 bits per heavy atom. The lowest BCUT2D eigenvalue weighted by molar-refractivity contribution is -0.129. The van der Waals surface area contributed by atoms with Gasteiger partial charge < -0.3 is 4.98 Å². The molecule has 1 aromatic carbocycles. The summed E-state index contributed by atoms with van der Waals surface area (Å²) in [5, 5.41) is 1.14. The zero-order valence-electron chi connectivity index (χ0n) is 10.4. The zero-order chi connectivity index (χ0) is 12.8. The first-order valence-electron chi connectivity index (χ1n) is 6.28. The molecule has 94 valence electrons. The lowest BCUT2D eigenvalue weighted by Gasteiger charge is -2.40. The molecule has 0 unspecified atom stereocenters. The molecule has 3 rings (SSSR count). The van der Waals surface area contributed by atoms with Gasteiger partial charge in [-0.1, -0.05) is 24.6 Å². The molecule has 0 spiro atoms. The third kappa shape index (κ3) is 1.32. The highest BCUT2D eigenvalue weighted by Gasteiger charge is 2.47. The molecule has 1 aliphatic rings. The van der Waals surface area contributed by atoms with E-state index in [9.17, 15) is 4.79 Å². The minimum absolute atomic E-state index is 0.0680. The molecule has 4 nitrogen and oxygen atoms in total. The van der Waals surface area contributed by atoms with E-state index in [0.29, 0.717) is 0 Å². The molecule has 2 aromatic rings. The molecule has 4 N–H and O–H groups in total. The highest BCUT2D eigenvalue weighted by Crippen LogP contribution is 2.47. The van der Waals surface area contributed by atoms with E-state index in [1.165, 1.54) is 0 Å². The number of nitrogens with one attached hydrogen (secondary N) is 2. The molecule has 1 aromatic heterocycles. The first-order valence-corrected chi connectivity index (χ1v) is 6.28. The Kier molecular flexibility index (Phi) is 2.41. The fourth-order valence-corrected chi connectivity index (χ4v) is 3.15. The first-order chi connectivity index (χ1) is 8.69. The lowest BCUT2D eigenvalue weighted by atomic mass is 9.63. The second kappa shape index (κ2) is 3.85. The topological polar surface area (TPSA) is 70.9 Å². The van der Waals surface area contributed by atoms with Crippen LogP contribution in [0, 0.1) is 6.92 Å². The van der Waals surface area contributed by atoms with E-state index in [0.717, 1.165) is 41.4 Å². The summed E-state index contributed by atoms with van der Waals surface area (Å²) in [5.74, 6) is 5.29. The number of para-hydroxylation sites is 1. The van der Waals surface area contributed by atoms with Gasteiger partial charge in [0.15, 0.2) is 0 Å². The van der Waals surface area contributed by atoms with Gasteiger partial charge in [0, 0.05) is 16.6 Å². The standard InChI is InChI=1S/C14H17N3O/c1-9-12(10-5-2-3-6-11(10)16-9)14(7-4-8-14)13(18)17-15/h2-3,5-6,16H,4,7-8,15H2,1H3,(H,17,18). The van der Waals surface area contributed by atoms with Crippen molar-refractivity contribution in [1.82, 2.24) is 10.4 Å². The maximum Gasteiger partial charge on any atom is 0.244 e. The van der Waals surface area contributed by atoms with E-state index in [-0.39, 0.29) is 5.91 Å². The van der Waals surface area contributed by atoms with Gasteiger partial charge in [-0.3, -0.25) is 10.2 Å². The van der Waals surface area contributed by atoms with Gasteiger partial charge in [0.2, 0.25) is 5.91 Å². The number of aromatic amines is 1. The smallest absolute Gasteiger partial charge is 0.244 e. The van der Waals surface area contributed by atoms with Gasteiger partial charge in [0.05, 0.1) is 5.41 Å². The third-order valence-corrected chi connectivity index (χ3v) is 4.14. The fraction of sp³-hybridized carbons (Fsp3) is 0.357. The second-order valence-corrected chi connectivity index (χ2v) is 5.08. The number of aryl methyl sites for hydroxylation is 1. The van der Waals surface area contributed by atoms with Crippen molar-refractivity contribution in [2.45, 2.75) is 31.6 Å². The molecule has 1 saturated carbocycles. The highest BCUT2D eigenvalue weighted by molar-refractivity contribution is 5.96. The van der Waals surface area contributed by atoms with Gasteiger partial charge in [0.1, 0.15) is 0 Å². The van der Waals surface area contributed by atoms with Crippen LogP contribution in [0.25, 0.3) is 10.9 Å². The van der Waals surface area contributed by atoms with Crippen LogP contribution in [0.4, 0.5) is 0 Å². The van der Waals surface area contributed by atoms with Crippen LogP contribution in [-0.2, 0) is 10.2 Å². The number of rotatable bonds is 2. The number of benzene rings is 1.